The molecule has 0 bridgehead atoms. The van der Waals surface area contributed by atoms with Gasteiger partial charge in [0.1, 0.15) is 6.54 Å². The van der Waals surface area contributed by atoms with Crippen LogP contribution in [0.3, 0.4) is 0 Å². The van der Waals surface area contributed by atoms with Crippen molar-refractivity contribution in [1.82, 2.24) is 14.9 Å². The van der Waals surface area contributed by atoms with Gasteiger partial charge in [0.2, 0.25) is 5.91 Å². The van der Waals surface area contributed by atoms with E-state index in [1.54, 1.807) is 12.3 Å². The quantitative estimate of drug-likeness (QED) is 0.758. The van der Waals surface area contributed by atoms with Gasteiger partial charge in [-0.1, -0.05) is 6.92 Å². The van der Waals surface area contributed by atoms with Gasteiger partial charge in [-0.05, 0) is 6.07 Å². The molecular formula is C11H15N3O3. The van der Waals surface area contributed by atoms with E-state index in [9.17, 15) is 9.59 Å². The number of ether oxygens (including phenoxy) is 1. The van der Waals surface area contributed by atoms with Crippen molar-refractivity contribution in [2.45, 2.75) is 13.5 Å². The molecule has 1 aliphatic rings. The Balaban J connectivity index is 1.85. The second kappa shape index (κ2) is 4.67. The monoisotopic (exact) mass is 237 g/mol. The topological polar surface area (TPSA) is 73.2 Å². The molecule has 1 N–H and O–H groups in total. The molecular weight excluding hydrogens is 222 g/mol. The maximum Gasteiger partial charge on any atom is 0.347 e. The van der Waals surface area contributed by atoms with Crippen LogP contribution in [0.25, 0.3) is 0 Å². The van der Waals surface area contributed by atoms with Crippen LogP contribution in [0.15, 0.2) is 23.3 Å². The number of carbonyl (C=O) groups is 1. The lowest BCUT2D eigenvalue weighted by atomic mass is 9.89. The Labute approximate surface area is 98.6 Å². The normalized spacial score (nSPS) is 17.2. The van der Waals surface area contributed by atoms with Gasteiger partial charge in [0, 0.05) is 24.4 Å². The minimum Gasteiger partial charge on any atom is -0.380 e. The third kappa shape index (κ3) is 2.91. The van der Waals surface area contributed by atoms with Crippen molar-refractivity contribution < 1.29 is 9.53 Å². The lowest BCUT2D eigenvalue weighted by molar-refractivity contribution is -0.127. The van der Waals surface area contributed by atoms with Crippen molar-refractivity contribution in [3.05, 3.63) is 28.9 Å². The SMILES string of the molecule is CC1(CNC(=O)Cn2cccnc2=O)COC1. The van der Waals surface area contributed by atoms with Crippen LogP contribution >= 0.6 is 0 Å². The second-order valence-electron chi connectivity index (χ2n) is 4.61. The highest BCUT2D eigenvalue weighted by atomic mass is 16.5. The molecule has 1 aromatic rings. The summed E-state index contributed by atoms with van der Waals surface area (Å²) in [6, 6.07) is 1.62. The standard InChI is InChI=1S/C11H15N3O3/c1-11(7-17-8-11)6-13-9(15)5-14-4-2-3-12-10(14)16/h2-4H,5-8H2,1H3,(H,13,15). The first kappa shape index (κ1) is 11.8. The van der Waals surface area contributed by atoms with Crippen LogP contribution < -0.4 is 11.0 Å². The van der Waals surface area contributed by atoms with Crippen molar-refractivity contribution in [3.8, 4) is 0 Å². The lowest BCUT2D eigenvalue weighted by Gasteiger charge is -2.38. The average Bonchev–Trinajstić information content (AvgIpc) is 2.27. The number of hydrogen-bond acceptors (Lipinski definition) is 4. The van der Waals surface area contributed by atoms with E-state index >= 15 is 0 Å². The first-order valence-corrected chi connectivity index (χ1v) is 5.45. The van der Waals surface area contributed by atoms with Gasteiger partial charge in [0.25, 0.3) is 0 Å². The number of aromatic nitrogens is 2. The number of nitrogens with zero attached hydrogens (tertiary/aromatic N) is 2. The Kier molecular flexibility index (Phi) is 3.23. The van der Waals surface area contributed by atoms with E-state index in [-0.39, 0.29) is 17.9 Å². The average molecular weight is 237 g/mol. The maximum atomic E-state index is 11.6. The Morgan fingerprint density at radius 3 is 3.00 bits per heavy atom. The molecule has 0 unspecified atom stereocenters. The fourth-order valence-electron chi connectivity index (χ4n) is 1.58. The molecule has 17 heavy (non-hydrogen) atoms. The zero-order chi connectivity index (χ0) is 12.3. The van der Waals surface area contributed by atoms with E-state index < -0.39 is 5.69 Å². The number of nitrogens with one attached hydrogen (secondary N) is 1. The molecule has 0 saturated carbocycles. The van der Waals surface area contributed by atoms with Gasteiger partial charge in [0.15, 0.2) is 0 Å². The Morgan fingerprint density at radius 2 is 2.41 bits per heavy atom. The van der Waals surface area contributed by atoms with Crippen molar-refractivity contribution >= 4 is 5.91 Å². The summed E-state index contributed by atoms with van der Waals surface area (Å²) in [4.78, 5) is 26.5. The van der Waals surface area contributed by atoms with Crippen molar-refractivity contribution in [3.63, 3.8) is 0 Å². The molecule has 1 fully saturated rings. The third-order valence-corrected chi connectivity index (χ3v) is 2.71. The first-order chi connectivity index (χ1) is 8.09. The van der Waals surface area contributed by atoms with E-state index in [0.29, 0.717) is 19.8 Å². The summed E-state index contributed by atoms with van der Waals surface area (Å²) in [5, 5.41) is 2.79. The van der Waals surface area contributed by atoms with Crippen molar-refractivity contribution in [2.24, 2.45) is 5.41 Å². The smallest absolute Gasteiger partial charge is 0.347 e. The highest BCUT2D eigenvalue weighted by Gasteiger charge is 2.33. The van der Waals surface area contributed by atoms with Gasteiger partial charge < -0.3 is 10.1 Å². The number of amides is 1. The molecule has 1 aliphatic heterocycles. The molecule has 6 heteroatoms. The summed E-state index contributed by atoms with van der Waals surface area (Å²) < 4.78 is 6.36. The van der Waals surface area contributed by atoms with Gasteiger partial charge >= 0.3 is 5.69 Å². The molecule has 6 nitrogen and oxygen atoms in total. The fourth-order valence-corrected chi connectivity index (χ4v) is 1.58. The van der Waals surface area contributed by atoms with Crippen LogP contribution in [0.1, 0.15) is 6.92 Å². The molecule has 0 spiro atoms. The van der Waals surface area contributed by atoms with E-state index in [2.05, 4.69) is 10.3 Å². The van der Waals surface area contributed by atoms with Crippen molar-refractivity contribution in [1.29, 1.82) is 0 Å². The van der Waals surface area contributed by atoms with Crippen LogP contribution in [0.4, 0.5) is 0 Å². The fraction of sp³-hybridized carbons (Fsp3) is 0.545. The van der Waals surface area contributed by atoms with Crippen molar-refractivity contribution in [2.75, 3.05) is 19.8 Å². The zero-order valence-electron chi connectivity index (χ0n) is 9.68. The molecule has 0 atom stereocenters. The molecule has 0 radical (unpaired) electrons. The third-order valence-electron chi connectivity index (χ3n) is 2.71. The number of hydrogen-bond donors (Lipinski definition) is 1. The lowest BCUT2D eigenvalue weighted by Crippen LogP contribution is -2.49. The number of carbonyl (C=O) groups excluding carboxylic acids is 1. The van der Waals surface area contributed by atoms with Crippen LogP contribution in [-0.2, 0) is 16.1 Å². The predicted octanol–water partition coefficient (Wildman–Crippen LogP) is -0.604. The molecule has 1 aromatic heterocycles. The molecule has 92 valence electrons. The largest absolute Gasteiger partial charge is 0.380 e. The van der Waals surface area contributed by atoms with E-state index in [4.69, 9.17) is 4.74 Å². The Bertz CT molecular complexity index is 465. The molecule has 1 amide bonds. The molecule has 2 rings (SSSR count). The Hall–Kier alpha value is -1.69. The summed E-state index contributed by atoms with van der Waals surface area (Å²) in [5.74, 6) is -0.187. The van der Waals surface area contributed by atoms with Crippen LogP contribution in [0, 0.1) is 5.41 Å². The summed E-state index contributed by atoms with van der Waals surface area (Å²) in [5.41, 5.74) is -0.379. The summed E-state index contributed by atoms with van der Waals surface area (Å²) in [6.07, 6.45) is 2.95. The highest BCUT2D eigenvalue weighted by molar-refractivity contribution is 5.75. The first-order valence-electron chi connectivity index (χ1n) is 5.45. The Morgan fingerprint density at radius 1 is 1.65 bits per heavy atom. The van der Waals surface area contributed by atoms with Crippen LogP contribution in [-0.4, -0.2) is 35.2 Å². The highest BCUT2D eigenvalue weighted by Crippen LogP contribution is 2.24. The van der Waals surface area contributed by atoms with E-state index in [0.717, 1.165) is 0 Å². The van der Waals surface area contributed by atoms with Crippen LogP contribution in [0.5, 0.6) is 0 Å². The maximum absolute atomic E-state index is 11.6. The van der Waals surface area contributed by atoms with Gasteiger partial charge in [-0.25, -0.2) is 9.78 Å². The van der Waals surface area contributed by atoms with Crippen LogP contribution in [0.2, 0.25) is 0 Å². The van der Waals surface area contributed by atoms with Gasteiger partial charge in [-0.15, -0.1) is 0 Å². The summed E-state index contributed by atoms with van der Waals surface area (Å²) in [6.45, 7) is 3.96. The molecule has 0 aliphatic carbocycles. The minimum atomic E-state index is -0.416. The second-order valence-corrected chi connectivity index (χ2v) is 4.61. The molecule has 0 aromatic carbocycles. The zero-order valence-corrected chi connectivity index (χ0v) is 9.68. The minimum absolute atomic E-state index is 0.00358. The summed E-state index contributed by atoms with van der Waals surface area (Å²) in [7, 11) is 0. The molecule has 1 saturated heterocycles. The van der Waals surface area contributed by atoms with Gasteiger partial charge in [-0.2, -0.15) is 0 Å². The summed E-state index contributed by atoms with van der Waals surface area (Å²) >= 11 is 0. The van der Waals surface area contributed by atoms with Gasteiger partial charge in [0.05, 0.1) is 13.2 Å². The predicted molar refractivity (Wildman–Crippen MR) is 60.4 cm³/mol. The number of rotatable bonds is 4. The van der Waals surface area contributed by atoms with Gasteiger partial charge in [-0.3, -0.25) is 9.36 Å². The van der Waals surface area contributed by atoms with E-state index in [1.165, 1.54) is 10.8 Å². The molecule has 2 heterocycles. The van der Waals surface area contributed by atoms with E-state index in [1.807, 2.05) is 6.92 Å².